The van der Waals surface area contributed by atoms with E-state index in [2.05, 4.69) is 15.5 Å². The molecular weight excluding hydrogens is 246 g/mol. The molecule has 2 fully saturated rings. The first-order valence-electron chi connectivity index (χ1n) is 6.87. The van der Waals surface area contributed by atoms with E-state index in [1.165, 1.54) is 43.5 Å². The minimum atomic E-state index is 0.422. The van der Waals surface area contributed by atoms with E-state index in [-0.39, 0.29) is 0 Å². The molecular formula is C12H17N5S. The van der Waals surface area contributed by atoms with Crippen molar-refractivity contribution in [2.24, 2.45) is 0 Å². The average molecular weight is 263 g/mol. The lowest BCUT2D eigenvalue weighted by molar-refractivity contribution is 0.525. The first kappa shape index (κ1) is 10.9. The van der Waals surface area contributed by atoms with Crippen LogP contribution in [0, 0.1) is 0 Å². The van der Waals surface area contributed by atoms with E-state index in [1.807, 2.05) is 4.52 Å². The second-order valence-electron chi connectivity index (χ2n) is 5.32. The zero-order valence-corrected chi connectivity index (χ0v) is 11.1. The Balaban J connectivity index is 1.67. The van der Waals surface area contributed by atoms with Crippen LogP contribution in [-0.4, -0.2) is 26.4 Å². The van der Waals surface area contributed by atoms with E-state index in [1.54, 1.807) is 11.3 Å². The third kappa shape index (κ3) is 1.83. The van der Waals surface area contributed by atoms with E-state index in [4.69, 9.17) is 5.10 Å². The van der Waals surface area contributed by atoms with Crippen molar-refractivity contribution in [2.45, 2.75) is 50.5 Å². The summed E-state index contributed by atoms with van der Waals surface area (Å²) in [5, 5.41) is 18.1. The van der Waals surface area contributed by atoms with Gasteiger partial charge < -0.3 is 5.32 Å². The topological polar surface area (TPSA) is 55.1 Å². The zero-order valence-electron chi connectivity index (χ0n) is 10.3. The van der Waals surface area contributed by atoms with Gasteiger partial charge in [0.2, 0.25) is 4.96 Å². The van der Waals surface area contributed by atoms with Crippen LogP contribution in [0.15, 0.2) is 0 Å². The van der Waals surface area contributed by atoms with Gasteiger partial charge in [0, 0.05) is 5.92 Å². The first-order valence-corrected chi connectivity index (χ1v) is 7.69. The summed E-state index contributed by atoms with van der Waals surface area (Å²) >= 11 is 1.69. The molecule has 2 aromatic rings. The molecule has 5 nitrogen and oxygen atoms in total. The van der Waals surface area contributed by atoms with Crippen LogP contribution in [0.4, 0.5) is 0 Å². The number of aromatic nitrogens is 4. The molecule has 1 N–H and O–H groups in total. The Morgan fingerprint density at radius 3 is 2.94 bits per heavy atom. The molecule has 0 spiro atoms. The Morgan fingerprint density at radius 1 is 1.11 bits per heavy atom. The van der Waals surface area contributed by atoms with E-state index in [0.717, 1.165) is 17.3 Å². The Labute approximate surface area is 110 Å². The number of hydrogen-bond acceptors (Lipinski definition) is 5. The Hall–Kier alpha value is -1.01. The van der Waals surface area contributed by atoms with Gasteiger partial charge in [-0.15, -0.1) is 10.2 Å². The number of nitrogens with one attached hydrogen (secondary N) is 1. The molecule has 1 aliphatic heterocycles. The SMILES string of the molecule is C1CCNC(c2nn3c(C4CC4)nnc3s2)CC1. The van der Waals surface area contributed by atoms with E-state index < -0.39 is 0 Å². The number of nitrogens with zero attached hydrogens (tertiary/aromatic N) is 4. The van der Waals surface area contributed by atoms with Gasteiger partial charge in [0.05, 0.1) is 6.04 Å². The highest BCUT2D eigenvalue weighted by molar-refractivity contribution is 7.16. The Bertz CT molecular complexity index is 548. The predicted molar refractivity (Wildman–Crippen MR) is 69.8 cm³/mol. The normalized spacial score (nSPS) is 25.4. The Morgan fingerprint density at radius 2 is 2.06 bits per heavy atom. The van der Waals surface area contributed by atoms with Crippen LogP contribution in [0.3, 0.4) is 0 Å². The highest BCUT2D eigenvalue weighted by atomic mass is 32.1. The molecule has 1 atom stereocenters. The third-order valence-electron chi connectivity index (χ3n) is 3.83. The lowest BCUT2D eigenvalue weighted by atomic mass is 10.1. The molecule has 0 aromatic carbocycles. The molecule has 1 saturated carbocycles. The molecule has 0 bridgehead atoms. The van der Waals surface area contributed by atoms with Gasteiger partial charge in [0.15, 0.2) is 5.82 Å². The molecule has 4 rings (SSSR count). The molecule has 1 saturated heterocycles. The van der Waals surface area contributed by atoms with Crippen LogP contribution in [0.25, 0.3) is 4.96 Å². The van der Waals surface area contributed by atoms with Gasteiger partial charge in [-0.2, -0.15) is 9.61 Å². The summed E-state index contributed by atoms with van der Waals surface area (Å²) in [4.78, 5) is 0.956. The summed E-state index contributed by atoms with van der Waals surface area (Å²) in [5.41, 5.74) is 0. The standard InChI is InChI=1S/C12H17N5S/c1-2-4-9(13-7-3-1)11-16-17-10(8-5-6-8)14-15-12(17)18-11/h8-9,13H,1-7H2. The van der Waals surface area contributed by atoms with E-state index >= 15 is 0 Å². The predicted octanol–water partition coefficient (Wildman–Crippen LogP) is 2.27. The number of fused-ring (bicyclic) bond motifs is 1. The molecule has 0 radical (unpaired) electrons. The van der Waals surface area contributed by atoms with Crippen molar-refractivity contribution in [2.75, 3.05) is 6.54 Å². The lowest BCUT2D eigenvalue weighted by Gasteiger charge is -2.11. The number of rotatable bonds is 2. The molecule has 2 aliphatic rings. The quantitative estimate of drug-likeness (QED) is 0.903. The van der Waals surface area contributed by atoms with Gasteiger partial charge >= 0.3 is 0 Å². The first-order chi connectivity index (χ1) is 8.92. The van der Waals surface area contributed by atoms with Gasteiger partial charge in [-0.25, -0.2) is 0 Å². The van der Waals surface area contributed by atoms with Gasteiger partial charge in [-0.05, 0) is 32.2 Å². The van der Waals surface area contributed by atoms with Crippen LogP contribution in [-0.2, 0) is 0 Å². The van der Waals surface area contributed by atoms with Crippen LogP contribution in [0.5, 0.6) is 0 Å². The van der Waals surface area contributed by atoms with E-state index in [0.29, 0.717) is 12.0 Å². The van der Waals surface area contributed by atoms with Crippen LogP contribution >= 0.6 is 11.3 Å². The summed E-state index contributed by atoms with van der Waals surface area (Å²) < 4.78 is 1.98. The van der Waals surface area contributed by atoms with Crippen molar-refractivity contribution in [3.8, 4) is 0 Å². The third-order valence-corrected chi connectivity index (χ3v) is 4.84. The summed E-state index contributed by atoms with van der Waals surface area (Å²) in [5.74, 6) is 1.68. The monoisotopic (exact) mass is 263 g/mol. The summed E-state index contributed by atoms with van der Waals surface area (Å²) in [6.45, 7) is 1.11. The smallest absolute Gasteiger partial charge is 0.234 e. The largest absolute Gasteiger partial charge is 0.308 e. The molecule has 18 heavy (non-hydrogen) atoms. The summed E-state index contributed by atoms with van der Waals surface area (Å²) in [6.07, 6.45) is 7.61. The van der Waals surface area contributed by atoms with Crippen molar-refractivity contribution in [1.82, 2.24) is 25.1 Å². The summed E-state index contributed by atoms with van der Waals surface area (Å²) in [6, 6.07) is 0.422. The second kappa shape index (κ2) is 4.28. The van der Waals surface area contributed by atoms with Gasteiger partial charge in [0.25, 0.3) is 0 Å². The van der Waals surface area contributed by atoms with Crippen LogP contribution in [0.2, 0.25) is 0 Å². The molecule has 2 aromatic heterocycles. The van der Waals surface area contributed by atoms with Crippen molar-refractivity contribution >= 4 is 16.3 Å². The molecule has 6 heteroatoms. The minimum absolute atomic E-state index is 0.422. The molecule has 1 unspecified atom stereocenters. The maximum atomic E-state index is 4.75. The van der Waals surface area contributed by atoms with Crippen molar-refractivity contribution in [1.29, 1.82) is 0 Å². The molecule has 3 heterocycles. The van der Waals surface area contributed by atoms with Crippen LogP contribution < -0.4 is 5.32 Å². The van der Waals surface area contributed by atoms with Crippen molar-refractivity contribution < 1.29 is 0 Å². The maximum absolute atomic E-state index is 4.75. The average Bonchev–Trinajstić information content (AvgIpc) is 3.08. The highest BCUT2D eigenvalue weighted by Crippen LogP contribution is 2.39. The van der Waals surface area contributed by atoms with Crippen molar-refractivity contribution in [3.63, 3.8) is 0 Å². The number of hydrogen-bond donors (Lipinski definition) is 1. The fourth-order valence-electron chi connectivity index (χ4n) is 2.62. The molecule has 1 aliphatic carbocycles. The van der Waals surface area contributed by atoms with Crippen LogP contribution in [0.1, 0.15) is 61.3 Å². The fraction of sp³-hybridized carbons (Fsp3) is 0.750. The maximum Gasteiger partial charge on any atom is 0.234 e. The van der Waals surface area contributed by atoms with E-state index in [9.17, 15) is 0 Å². The van der Waals surface area contributed by atoms with Gasteiger partial charge in [-0.1, -0.05) is 24.2 Å². The molecule has 0 amide bonds. The zero-order chi connectivity index (χ0) is 11.9. The lowest BCUT2D eigenvalue weighted by Crippen LogP contribution is -2.20. The molecule has 96 valence electrons. The Kier molecular flexibility index (Phi) is 2.58. The second-order valence-corrected chi connectivity index (χ2v) is 6.31. The minimum Gasteiger partial charge on any atom is -0.308 e. The van der Waals surface area contributed by atoms with Gasteiger partial charge in [0.1, 0.15) is 5.01 Å². The summed E-state index contributed by atoms with van der Waals surface area (Å²) in [7, 11) is 0. The van der Waals surface area contributed by atoms with Gasteiger partial charge in [-0.3, -0.25) is 0 Å². The van der Waals surface area contributed by atoms with Crippen molar-refractivity contribution in [3.05, 3.63) is 10.8 Å². The highest BCUT2D eigenvalue weighted by Gasteiger charge is 2.30. The fourth-order valence-corrected chi connectivity index (χ4v) is 3.58.